The second-order valence-electron chi connectivity index (χ2n) is 4.06. The lowest BCUT2D eigenvalue weighted by Gasteiger charge is -2.28. The van der Waals surface area contributed by atoms with E-state index in [1.807, 2.05) is 30.9 Å². The van der Waals surface area contributed by atoms with E-state index in [0.717, 1.165) is 18.0 Å². The van der Waals surface area contributed by atoms with Gasteiger partial charge >= 0.3 is 0 Å². The van der Waals surface area contributed by atoms with Crippen molar-refractivity contribution >= 4 is 23.4 Å². The molecule has 94 valence electrons. The van der Waals surface area contributed by atoms with Crippen LogP contribution in [0.3, 0.4) is 0 Å². The second-order valence-corrected chi connectivity index (χ2v) is 4.97. The highest BCUT2D eigenvalue weighted by atomic mass is 32.2. The van der Waals surface area contributed by atoms with Gasteiger partial charge in [-0.1, -0.05) is 6.92 Å². The number of thioether (sulfide) groups is 1. The number of rotatable bonds is 6. The Labute approximate surface area is 108 Å². The predicted octanol–water partition coefficient (Wildman–Crippen LogP) is 2.86. The summed E-state index contributed by atoms with van der Waals surface area (Å²) in [7, 11) is 2.01. The highest BCUT2D eigenvalue weighted by Gasteiger charge is 2.18. The van der Waals surface area contributed by atoms with E-state index in [0.29, 0.717) is 11.6 Å². The molecule has 1 atom stereocenters. The van der Waals surface area contributed by atoms with Crippen LogP contribution < -0.4 is 4.90 Å². The third-order valence-corrected chi connectivity index (χ3v) is 3.60. The lowest BCUT2D eigenvalue weighted by atomic mass is 10.1. The molecule has 1 rings (SSSR count). The Morgan fingerprint density at radius 3 is 2.82 bits per heavy atom. The number of carbonyl (C=O) groups is 1. The lowest BCUT2D eigenvalue weighted by molar-refractivity contribution is 0.101. The molecule has 4 heteroatoms. The molecule has 0 N–H and O–H groups in total. The average Bonchev–Trinajstić information content (AvgIpc) is 2.35. The van der Waals surface area contributed by atoms with Gasteiger partial charge in [0.15, 0.2) is 5.78 Å². The Bertz CT molecular complexity index is 381. The molecule has 0 spiro atoms. The van der Waals surface area contributed by atoms with Crippen LogP contribution in [-0.4, -0.2) is 35.9 Å². The summed E-state index contributed by atoms with van der Waals surface area (Å²) in [6.07, 6.45) is 4.89. The van der Waals surface area contributed by atoms with Gasteiger partial charge in [0, 0.05) is 25.0 Å². The van der Waals surface area contributed by atoms with Crippen molar-refractivity contribution in [1.82, 2.24) is 4.98 Å². The van der Waals surface area contributed by atoms with E-state index in [2.05, 4.69) is 23.1 Å². The van der Waals surface area contributed by atoms with E-state index >= 15 is 0 Å². The van der Waals surface area contributed by atoms with Gasteiger partial charge in [0.25, 0.3) is 0 Å². The van der Waals surface area contributed by atoms with Crippen LogP contribution in [0.5, 0.6) is 0 Å². The maximum Gasteiger partial charge on any atom is 0.163 e. The molecule has 0 saturated heterocycles. The third-order valence-electron chi connectivity index (χ3n) is 2.88. The minimum atomic E-state index is 0.0685. The van der Waals surface area contributed by atoms with Crippen LogP contribution in [0.25, 0.3) is 0 Å². The SMILES string of the molecule is CCC(CSC)N(C)c1ncccc1C(C)=O. The Balaban J connectivity index is 3.01. The van der Waals surface area contributed by atoms with Gasteiger partial charge in [-0.3, -0.25) is 4.79 Å². The van der Waals surface area contributed by atoms with Gasteiger partial charge in [-0.05, 0) is 31.7 Å². The number of hydrogen-bond donors (Lipinski definition) is 0. The van der Waals surface area contributed by atoms with Gasteiger partial charge in [-0.2, -0.15) is 11.8 Å². The fraction of sp³-hybridized carbons (Fsp3) is 0.538. The number of anilines is 1. The summed E-state index contributed by atoms with van der Waals surface area (Å²) in [6, 6.07) is 4.06. The highest BCUT2D eigenvalue weighted by Crippen LogP contribution is 2.21. The van der Waals surface area contributed by atoms with Crippen molar-refractivity contribution in [2.24, 2.45) is 0 Å². The Hall–Kier alpha value is -1.03. The van der Waals surface area contributed by atoms with Crippen LogP contribution in [0, 0.1) is 0 Å². The van der Waals surface area contributed by atoms with Crippen LogP contribution in [0.2, 0.25) is 0 Å². The fourth-order valence-corrected chi connectivity index (χ4v) is 2.67. The molecule has 1 aromatic heterocycles. The first-order valence-electron chi connectivity index (χ1n) is 5.79. The topological polar surface area (TPSA) is 33.2 Å². The molecule has 1 unspecified atom stereocenters. The fourth-order valence-electron chi connectivity index (χ4n) is 1.82. The molecule has 0 saturated carbocycles. The van der Waals surface area contributed by atoms with Crippen molar-refractivity contribution in [2.75, 3.05) is 24.0 Å². The summed E-state index contributed by atoms with van der Waals surface area (Å²) >= 11 is 1.82. The van der Waals surface area contributed by atoms with E-state index in [4.69, 9.17) is 0 Å². The number of carbonyl (C=O) groups excluding carboxylic acids is 1. The molecule has 0 amide bonds. The van der Waals surface area contributed by atoms with Crippen LogP contribution in [-0.2, 0) is 0 Å². The van der Waals surface area contributed by atoms with E-state index in [9.17, 15) is 4.79 Å². The molecule has 0 fully saturated rings. The Kier molecular flexibility index (Phi) is 5.48. The Morgan fingerprint density at radius 1 is 1.59 bits per heavy atom. The molecule has 0 aliphatic carbocycles. The molecule has 0 aliphatic rings. The van der Waals surface area contributed by atoms with Gasteiger partial charge < -0.3 is 4.90 Å². The molecule has 0 aliphatic heterocycles. The van der Waals surface area contributed by atoms with Gasteiger partial charge in [-0.25, -0.2) is 4.98 Å². The predicted molar refractivity (Wildman–Crippen MR) is 75.1 cm³/mol. The van der Waals surface area contributed by atoms with Crippen molar-refractivity contribution in [2.45, 2.75) is 26.3 Å². The van der Waals surface area contributed by atoms with E-state index in [1.54, 1.807) is 13.1 Å². The summed E-state index contributed by atoms with van der Waals surface area (Å²) in [4.78, 5) is 18.0. The standard InChI is InChI=1S/C13H20N2OS/c1-5-11(9-17-4)15(3)13-12(10(2)16)7-6-8-14-13/h6-8,11H,5,9H2,1-4H3. The number of nitrogens with zero attached hydrogens (tertiary/aromatic N) is 2. The van der Waals surface area contributed by atoms with Crippen LogP contribution >= 0.6 is 11.8 Å². The normalized spacial score (nSPS) is 12.2. The van der Waals surface area contributed by atoms with Crippen LogP contribution in [0.4, 0.5) is 5.82 Å². The molecule has 3 nitrogen and oxygen atoms in total. The summed E-state index contributed by atoms with van der Waals surface area (Å²) in [5, 5.41) is 0. The smallest absolute Gasteiger partial charge is 0.163 e. The molecule has 0 radical (unpaired) electrons. The molecule has 1 aromatic rings. The summed E-state index contributed by atoms with van der Waals surface area (Å²) in [5.74, 6) is 1.90. The van der Waals surface area contributed by atoms with Crippen molar-refractivity contribution in [1.29, 1.82) is 0 Å². The van der Waals surface area contributed by atoms with E-state index in [1.165, 1.54) is 0 Å². The zero-order valence-electron chi connectivity index (χ0n) is 10.9. The summed E-state index contributed by atoms with van der Waals surface area (Å²) < 4.78 is 0. The number of Topliss-reactive ketones (excluding diaryl/α,β-unsaturated/α-hetero) is 1. The Morgan fingerprint density at radius 2 is 2.29 bits per heavy atom. The van der Waals surface area contributed by atoms with Crippen molar-refractivity contribution < 1.29 is 4.79 Å². The maximum absolute atomic E-state index is 11.6. The van der Waals surface area contributed by atoms with Crippen LogP contribution in [0.1, 0.15) is 30.6 Å². The van der Waals surface area contributed by atoms with Gasteiger partial charge in [0.05, 0.1) is 5.56 Å². The molecule has 0 aromatic carbocycles. The van der Waals surface area contributed by atoms with Crippen molar-refractivity contribution in [3.63, 3.8) is 0 Å². The van der Waals surface area contributed by atoms with Crippen molar-refractivity contribution in [3.05, 3.63) is 23.9 Å². The molecule has 17 heavy (non-hydrogen) atoms. The van der Waals surface area contributed by atoms with Gasteiger partial charge in [-0.15, -0.1) is 0 Å². The number of aromatic nitrogens is 1. The van der Waals surface area contributed by atoms with Crippen molar-refractivity contribution in [3.8, 4) is 0 Å². The number of hydrogen-bond acceptors (Lipinski definition) is 4. The zero-order chi connectivity index (χ0) is 12.8. The maximum atomic E-state index is 11.6. The first-order valence-corrected chi connectivity index (χ1v) is 7.18. The summed E-state index contributed by atoms with van der Waals surface area (Å²) in [5.41, 5.74) is 0.703. The molecular formula is C13H20N2OS. The third kappa shape index (κ3) is 3.46. The second kappa shape index (κ2) is 6.64. The van der Waals surface area contributed by atoms with Crippen LogP contribution in [0.15, 0.2) is 18.3 Å². The number of pyridine rings is 1. The molecule has 1 heterocycles. The monoisotopic (exact) mass is 252 g/mol. The van der Waals surface area contributed by atoms with E-state index < -0.39 is 0 Å². The highest BCUT2D eigenvalue weighted by molar-refractivity contribution is 7.98. The minimum absolute atomic E-state index is 0.0685. The quantitative estimate of drug-likeness (QED) is 0.729. The van der Waals surface area contributed by atoms with Gasteiger partial charge in [0.1, 0.15) is 5.82 Å². The molecular weight excluding hydrogens is 232 g/mol. The summed E-state index contributed by atoms with van der Waals surface area (Å²) in [6.45, 7) is 3.75. The first kappa shape index (κ1) is 14.0. The molecule has 0 bridgehead atoms. The van der Waals surface area contributed by atoms with E-state index in [-0.39, 0.29) is 5.78 Å². The zero-order valence-corrected chi connectivity index (χ0v) is 11.8. The average molecular weight is 252 g/mol. The largest absolute Gasteiger partial charge is 0.355 e. The lowest BCUT2D eigenvalue weighted by Crippen LogP contribution is -2.34. The number of ketones is 1. The first-order chi connectivity index (χ1) is 8.11. The minimum Gasteiger partial charge on any atom is -0.355 e. The van der Waals surface area contributed by atoms with Gasteiger partial charge in [0.2, 0.25) is 0 Å².